The normalized spacial score (nSPS) is 12.2. The monoisotopic (exact) mass is 285 g/mol. The van der Waals surface area contributed by atoms with E-state index < -0.39 is 6.10 Å². The van der Waals surface area contributed by atoms with Crippen LogP contribution in [-0.4, -0.2) is 18.8 Å². The highest BCUT2D eigenvalue weighted by atomic mass is 16.5. The van der Waals surface area contributed by atoms with Crippen molar-refractivity contribution >= 4 is 0 Å². The number of nitrogens with one attached hydrogen (secondary N) is 1. The number of hydrogen-bond donors (Lipinski definition) is 2. The van der Waals surface area contributed by atoms with Gasteiger partial charge >= 0.3 is 0 Å². The van der Waals surface area contributed by atoms with Gasteiger partial charge in [0.15, 0.2) is 0 Å². The van der Waals surface area contributed by atoms with Crippen molar-refractivity contribution in [2.45, 2.75) is 26.5 Å². The second-order valence-electron chi connectivity index (χ2n) is 5.38. The third kappa shape index (κ3) is 4.31. The Kier molecular flexibility index (Phi) is 5.37. The molecule has 3 nitrogen and oxygen atoms in total. The zero-order chi connectivity index (χ0) is 15.2. The summed E-state index contributed by atoms with van der Waals surface area (Å²) in [5, 5.41) is 13.6. The van der Waals surface area contributed by atoms with E-state index in [1.54, 1.807) is 7.11 Å². The number of hydrogen-bond acceptors (Lipinski definition) is 3. The first-order valence-corrected chi connectivity index (χ1v) is 7.19. The van der Waals surface area contributed by atoms with E-state index in [1.165, 1.54) is 11.1 Å². The Morgan fingerprint density at radius 2 is 1.86 bits per heavy atom. The van der Waals surface area contributed by atoms with Crippen LogP contribution in [0.3, 0.4) is 0 Å². The van der Waals surface area contributed by atoms with Crippen molar-refractivity contribution in [3.8, 4) is 5.75 Å². The first-order valence-electron chi connectivity index (χ1n) is 7.19. The molecule has 0 heterocycles. The lowest BCUT2D eigenvalue weighted by Crippen LogP contribution is -2.21. The third-order valence-electron chi connectivity index (χ3n) is 3.49. The Hall–Kier alpha value is -1.84. The fourth-order valence-corrected chi connectivity index (χ4v) is 2.40. The summed E-state index contributed by atoms with van der Waals surface area (Å²) in [6.45, 7) is 5.33. The van der Waals surface area contributed by atoms with Gasteiger partial charge < -0.3 is 15.2 Å². The maximum absolute atomic E-state index is 10.3. The van der Waals surface area contributed by atoms with E-state index in [0.29, 0.717) is 6.54 Å². The minimum Gasteiger partial charge on any atom is -0.496 e. The number of methoxy groups -OCH3 is 1. The summed E-state index contributed by atoms with van der Waals surface area (Å²) in [6.07, 6.45) is -0.579. The lowest BCUT2D eigenvalue weighted by Gasteiger charge is -2.16. The van der Waals surface area contributed by atoms with Gasteiger partial charge in [0.25, 0.3) is 0 Å². The quantitative estimate of drug-likeness (QED) is 0.857. The smallest absolute Gasteiger partial charge is 0.124 e. The predicted molar refractivity (Wildman–Crippen MR) is 85.6 cm³/mol. The molecule has 0 aliphatic rings. The first kappa shape index (κ1) is 15.5. The van der Waals surface area contributed by atoms with Crippen LogP contribution in [0.25, 0.3) is 0 Å². The van der Waals surface area contributed by atoms with E-state index in [4.69, 9.17) is 4.74 Å². The molecular formula is C18H23NO2. The van der Waals surface area contributed by atoms with Crippen LogP contribution in [0.4, 0.5) is 0 Å². The van der Waals surface area contributed by atoms with Crippen molar-refractivity contribution in [1.82, 2.24) is 5.32 Å². The van der Waals surface area contributed by atoms with Crippen LogP contribution in [0.5, 0.6) is 5.75 Å². The average molecular weight is 285 g/mol. The van der Waals surface area contributed by atoms with Gasteiger partial charge in [-0.15, -0.1) is 0 Å². The van der Waals surface area contributed by atoms with E-state index in [9.17, 15) is 5.11 Å². The summed E-state index contributed by atoms with van der Waals surface area (Å²) >= 11 is 0. The highest BCUT2D eigenvalue weighted by Crippen LogP contribution is 2.25. The molecule has 0 aromatic heterocycles. The molecule has 1 unspecified atom stereocenters. The first-order chi connectivity index (χ1) is 10.1. The van der Waals surface area contributed by atoms with Gasteiger partial charge in [0.1, 0.15) is 5.75 Å². The van der Waals surface area contributed by atoms with E-state index >= 15 is 0 Å². The molecule has 0 saturated carbocycles. The van der Waals surface area contributed by atoms with E-state index in [2.05, 4.69) is 30.4 Å². The summed E-state index contributed by atoms with van der Waals surface area (Å²) < 4.78 is 5.31. The molecule has 2 aromatic rings. The molecule has 112 valence electrons. The molecule has 2 rings (SSSR count). The lowest BCUT2D eigenvalue weighted by atomic mass is 10.0. The zero-order valence-corrected chi connectivity index (χ0v) is 12.9. The van der Waals surface area contributed by atoms with Crippen molar-refractivity contribution in [3.63, 3.8) is 0 Å². The minimum absolute atomic E-state index is 0.494. The SMILES string of the molecule is COc1ccc(C)cc1C(O)CNCc1cccc(C)c1. The fourth-order valence-electron chi connectivity index (χ4n) is 2.40. The highest BCUT2D eigenvalue weighted by molar-refractivity contribution is 5.38. The topological polar surface area (TPSA) is 41.5 Å². The molecule has 21 heavy (non-hydrogen) atoms. The minimum atomic E-state index is -0.579. The van der Waals surface area contributed by atoms with Gasteiger partial charge in [-0.1, -0.05) is 41.5 Å². The molecular weight excluding hydrogens is 262 g/mol. The molecule has 0 amide bonds. The second kappa shape index (κ2) is 7.25. The Bertz CT molecular complexity index is 596. The van der Waals surface area contributed by atoms with Gasteiger partial charge in [-0.2, -0.15) is 0 Å². The van der Waals surface area contributed by atoms with Crippen molar-refractivity contribution in [2.75, 3.05) is 13.7 Å². The third-order valence-corrected chi connectivity index (χ3v) is 3.49. The molecule has 0 spiro atoms. The molecule has 0 fully saturated rings. The molecule has 2 aromatic carbocycles. The summed E-state index contributed by atoms with van der Waals surface area (Å²) in [6, 6.07) is 14.2. The number of aryl methyl sites for hydroxylation is 2. The predicted octanol–water partition coefficient (Wildman–Crippen LogP) is 3.14. The molecule has 0 radical (unpaired) electrons. The van der Waals surface area contributed by atoms with Gasteiger partial charge in [-0.3, -0.25) is 0 Å². The Morgan fingerprint density at radius 1 is 1.10 bits per heavy atom. The maximum atomic E-state index is 10.3. The number of benzene rings is 2. The van der Waals surface area contributed by atoms with Gasteiger partial charge in [-0.05, 0) is 31.5 Å². The average Bonchev–Trinajstić information content (AvgIpc) is 2.47. The summed E-state index contributed by atoms with van der Waals surface area (Å²) in [5.74, 6) is 0.727. The molecule has 0 aliphatic carbocycles. The number of aliphatic hydroxyl groups excluding tert-OH is 1. The molecule has 2 N–H and O–H groups in total. The van der Waals surface area contributed by atoms with Crippen LogP contribution in [0.2, 0.25) is 0 Å². The lowest BCUT2D eigenvalue weighted by molar-refractivity contribution is 0.170. The maximum Gasteiger partial charge on any atom is 0.124 e. The van der Waals surface area contributed by atoms with Crippen molar-refractivity contribution in [3.05, 3.63) is 64.7 Å². The number of ether oxygens (including phenoxy) is 1. The number of aliphatic hydroxyl groups is 1. The van der Waals surface area contributed by atoms with Crippen molar-refractivity contribution < 1.29 is 9.84 Å². The summed E-state index contributed by atoms with van der Waals surface area (Å²) in [4.78, 5) is 0. The van der Waals surface area contributed by atoms with Gasteiger partial charge in [0.05, 0.1) is 13.2 Å². The number of rotatable bonds is 6. The van der Waals surface area contributed by atoms with Crippen molar-refractivity contribution in [2.24, 2.45) is 0 Å². The standard InChI is InChI=1S/C18H23NO2/c1-13-5-4-6-15(9-13)11-19-12-17(20)16-10-14(2)7-8-18(16)21-3/h4-10,17,19-20H,11-12H2,1-3H3. The van der Waals surface area contributed by atoms with Crippen molar-refractivity contribution in [1.29, 1.82) is 0 Å². The zero-order valence-electron chi connectivity index (χ0n) is 12.9. The molecule has 0 bridgehead atoms. The van der Waals surface area contributed by atoms with Crippen LogP contribution in [0.1, 0.15) is 28.4 Å². The second-order valence-corrected chi connectivity index (χ2v) is 5.38. The Labute approximate surface area is 126 Å². The van der Waals surface area contributed by atoms with Gasteiger partial charge in [0.2, 0.25) is 0 Å². The Morgan fingerprint density at radius 3 is 2.57 bits per heavy atom. The van der Waals surface area contributed by atoms with Crippen LogP contribution in [0.15, 0.2) is 42.5 Å². The van der Waals surface area contributed by atoms with Crippen LogP contribution in [0, 0.1) is 13.8 Å². The van der Waals surface area contributed by atoms with Crippen LogP contribution >= 0.6 is 0 Å². The van der Waals surface area contributed by atoms with E-state index in [0.717, 1.165) is 23.4 Å². The van der Waals surface area contributed by atoms with E-state index in [-0.39, 0.29) is 0 Å². The van der Waals surface area contributed by atoms with Crippen LogP contribution in [-0.2, 0) is 6.54 Å². The van der Waals surface area contributed by atoms with Gasteiger partial charge in [-0.25, -0.2) is 0 Å². The van der Waals surface area contributed by atoms with E-state index in [1.807, 2.05) is 31.2 Å². The Balaban J connectivity index is 1.95. The molecule has 0 saturated heterocycles. The fraction of sp³-hybridized carbons (Fsp3) is 0.333. The molecule has 3 heteroatoms. The molecule has 1 atom stereocenters. The summed E-state index contributed by atoms with van der Waals surface area (Å²) in [7, 11) is 1.63. The highest BCUT2D eigenvalue weighted by Gasteiger charge is 2.13. The summed E-state index contributed by atoms with van der Waals surface area (Å²) in [5.41, 5.74) is 4.41. The largest absolute Gasteiger partial charge is 0.496 e. The molecule has 0 aliphatic heterocycles. The van der Waals surface area contributed by atoms with Crippen LogP contribution < -0.4 is 10.1 Å². The van der Waals surface area contributed by atoms with Gasteiger partial charge in [0, 0.05) is 18.7 Å².